The minimum Gasteiger partial charge on any atom is -0.303 e. The molecule has 0 bridgehead atoms. The largest absolute Gasteiger partial charge is 0.303 e. The van der Waals surface area contributed by atoms with Crippen molar-refractivity contribution in [3.05, 3.63) is 10.6 Å². The molecular formula is C7H11BrO. The van der Waals surface area contributed by atoms with E-state index in [-0.39, 0.29) is 0 Å². The van der Waals surface area contributed by atoms with Gasteiger partial charge < -0.3 is 4.79 Å². The number of rotatable bonds is 4. The van der Waals surface area contributed by atoms with E-state index < -0.39 is 0 Å². The second-order valence-corrected chi connectivity index (χ2v) is 3.14. The number of halogens is 1. The summed E-state index contributed by atoms with van der Waals surface area (Å²) in [7, 11) is 0. The standard InChI is InChI=1S/C7H11BrO/c1-7(8)5-3-2-4-6-9/h5-6H,2-4H2,1H3/b7-5+. The minimum absolute atomic E-state index is 0.677. The first-order valence-corrected chi connectivity index (χ1v) is 3.82. The average Bonchev–Trinajstić information content (AvgIpc) is 1.80. The first-order valence-electron chi connectivity index (χ1n) is 3.03. The molecule has 0 aromatic carbocycles. The van der Waals surface area contributed by atoms with Crippen LogP contribution in [-0.4, -0.2) is 6.29 Å². The maximum atomic E-state index is 9.82. The second-order valence-electron chi connectivity index (χ2n) is 1.89. The summed E-state index contributed by atoms with van der Waals surface area (Å²) in [4.78, 5) is 9.82. The molecule has 0 aliphatic heterocycles. The zero-order valence-corrected chi connectivity index (χ0v) is 7.15. The Labute approximate surface area is 64.3 Å². The summed E-state index contributed by atoms with van der Waals surface area (Å²) >= 11 is 3.30. The van der Waals surface area contributed by atoms with Crippen LogP contribution in [0.5, 0.6) is 0 Å². The third-order valence-corrected chi connectivity index (χ3v) is 1.28. The topological polar surface area (TPSA) is 17.1 Å². The quantitative estimate of drug-likeness (QED) is 0.493. The van der Waals surface area contributed by atoms with E-state index in [1.165, 1.54) is 0 Å². The molecular weight excluding hydrogens is 180 g/mol. The normalized spacial score (nSPS) is 11.6. The molecule has 52 valence electrons. The number of hydrogen-bond donors (Lipinski definition) is 0. The van der Waals surface area contributed by atoms with Crippen LogP contribution in [0.1, 0.15) is 26.2 Å². The van der Waals surface area contributed by atoms with Crippen molar-refractivity contribution >= 4 is 22.2 Å². The summed E-state index contributed by atoms with van der Waals surface area (Å²) in [6, 6.07) is 0. The molecule has 0 fully saturated rings. The number of aldehydes is 1. The first-order chi connectivity index (χ1) is 4.27. The molecule has 0 saturated carbocycles. The van der Waals surface area contributed by atoms with E-state index in [2.05, 4.69) is 22.0 Å². The average molecular weight is 191 g/mol. The smallest absolute Gasteiger partial charge is 0.120 e. The van der Waals surface area contributed by atoms with Crippen LogP contribution in [0.15, 0.2) is 10.6 Å². The van der Waals surface area contributed by atoms with Gasteiger partial charge in [0.25, 0.3) is 0 Å². The number of carbonyl (C=O) groups excluding carboxylic acids is 1. The molecule has 0 atom stereocenters. The summed E-state index contributed by atoms with van der Waals surface area (Å²) in [5.41, 5.74) is 0. The van der Waals surface area contributed by atoms with Gasteiger partial charge in [0.05, 0.1) is 0 Å². The molecule has 9 heavy (non-hydrogen) atoms. The molecule has 0 aliphatic rings. The van der Waals surface area contributed by atoms with E-state index in [1.807, 2.05) is 6.92 Å². The maximum Gasteiger partial charge on any atom is 0.120 e. The van der Waals surface area contributed by atoms with Crippen LogP contribution in [-0.2, 0) is 4.79 Å². The summed E-state index contributed by atoms with van der Waals surface area (Å²) in [6.45, 7) is 1.99. The highest BCUT2D eigenvalue weighted by Gasteiger charge is 1.82. The van der Waals surface area contributed by atoms with Crippen molar-refractivity contribution in [3.63, 3.8) is 0 Å². The van der Waals surface area contributed by atoms with Gasteiger partial charge in [-0.15, -0.1) is 0 Å². The molecule has 0 aromatic heterocycles. The lowest BCUT2D eigenvalue weighted by molar-refractivity contribution is -0.107. The minimum atomic E-state index is 0.677. The van der Waals surface area contributed by atoms with E-state index >= 15 is 0 Å². The molecule has 0 radical (unpaired) electrons. The van der Waals surface area contributed by atoms with E-state index in [0.717, 1.165) is 23.6 Å². The lowest BCUT2D eigenvalue weighted by Gasteiger charge is -1.87. The third kappa shape index (κ3) is 7.89. The molecule has 0 spiro atoms. The van der Waals surface area contributed by atoms with Crippen LogP contribution < -0.4 is 0 Å². The highest BCUT2D eigenvalue weighted by atomic mass is 79.9. The van der Waals surface area contributed by atoms with Crippen molar-refractivity contribution in [1.82, 2.24) is 0 Å². The van der Waals surface area contributed by atoms with Crippen LogP contribution in [0.4, 0.5) is 0 Å². The molecule has 0 saturated heterocycles. The van der Waals surface area contributed by atoms with Gasteiger partial charge in [0, 0.05) is 6.42 Å². The summed E-state index contributed by atoms with van der Waals surface area (Å²) in [6.07, 6.45) is 5.67. The Morgan fingerprint density at radius 2 is 2.22 bits per heavy atom. The van der Waals surface area contributed by atoms with Crippen molar-refractivity contribution in [3.8, 4) is 0 Å². The van der Waals surface area contributed by atoms with Gasteiger partial charge in [0.15, 0.2) is 0 Å². The molecule has 0 aromatic rings. The molecule has 0 rings (SSSR count). The third-order valence-electron chi connectivity index (χ3n) is 0.952. The second kappa shape index (κ2) is 6.02. The zero-order valence-electron chi connectivity index (χ0n) is 5.56. The lowest BCUT2D eigenvalue weighted by Crippen LogP contribution is -1.73. The molecule has 1 nitrogen and oxygen atoms in total. The predicted octanol–water partition coefficient (Wildman–Crippen LogP) is 2.65. The Morgan fingerprint density at radius 3 is 2.67 bits per heavy atom. The van der Waals surface area contributed by atoms with E-state index in [4.69, 9.17) is 0 Å². The molecule has 2 heteroatoms. The SMILES string of the molecule is C/C(Br)=C\CCCC=O. The number of hydrogen-bond acceptors (Lipinski definition) is 1. The Bertz CT molecular complexity index is 103. The van der Waals surface area contributed by atoms with Gasteiger partial charge in [-0.05, 0) is 24.2 Å². The van der Waals surface area contributed by atoms with Crippen LogP contribution in [0, 0.1) is 0 Å². The fourth-order valence-corrected chi connectivity index (χ4v) is 0.731. The Hall–Kier alpha value is -0.110. The van der Waals surface area contributed by atoms with Crippen molar-refractivity contribution in [2.75, 3.05) is 0 Å². The van der Waals surface area contributed by atoms with Crippen LogP contribution >= 0.6 is 15.9 Å². The number of unbranched alkanes of at least 4 members (excludes halogenated alkanes) is 2. The van der Waals surface area contributed by atoms with Gasteiger partial charge in [-0.2, -0.15) is 0 Å². The zero-order chi connectivity index (χ0) is 7.11. The molecule has 0 amide bonds. The monoisotopic (exact) mass is 190 g/mol. The lowest BCUT2D eigenvalue weighted by atomic mass is 10.2. The fraction of sp³-hybridized carbons (Fsp3) is 0.571. The van der Waals surface area contributed by atoms with Gasteiger partial charge in [-0.25, -0.2) is 0 Å². The van der Waals surface area contributed by atoms with Gasteiger partial charge in [0.2, 0.25) is 0 Å². The summed E-state index contributed by atoms with van der Waals surface area (Å²) < 4.78 is 1.15. The van der Waals surface area contributed by atoms with Gasteiger partial charge in [0.1, 0.15) is 6.29 Å². The van der Waals surface area contributed by atoms with E-state index in [1.54, 1.807) is 0 Å². The summed E-state index contributed by atoms with van der Waals surface area (Å²) in [5.74, 6) is 0. The Kier molecular flexibility index (Phi) is 5.94. The number of carbonyl (C=O) groups is 1. The maximum absolute atomic E-state index is 9.82. The van der Waals surface area contributed by atoms with Crippen LogP contribution in [0.25, 0.3) is 0 Å². The van der Waals surface area contributed by atoms with Gasteiger partial charge in [-0.1, -0.05) is 22.0 Å². The summed E-state index contributed by atoms with van der Waals surface area (Å²) in [5, 5.41) is 0. The van der Waals surface area contributed by atoms with Crippen molar-refractivity contribution in [2.24, 2.45) is 0 Å². The molecule has 0 unspecified atom stereocenters. The molecule has 0 heterocycles. The van der Waals surface area contributed by atoms with Crippen molar-refractivity contribution in [1.29, 1.82) is 0 Å². The molecule has 0 N–H and O–H groups in total. The van der Waals surface area contributed by atoms with Gasteiger partial charge in [-0.3, -0.25) is 0 Å². The van der Waals surface area contributed by atoms with Crippen molar-refractivity contribution in [2.45, 2.75) is 26.2 Å². The van der Waals surface area contributed by atoms with E-state index in [9.17, 15) is 4.79 Å². The number of allylic oxidation sites excluding steroid dienone is 2. The van der Waals surface area contributed by atoms with Crippen LogP contribution in [0.3, 0.4) is 0 Å². The molecule has 0 aliphatic carbocycles. The first kappa shape index (κ1) is 8.89. The van der Waals surface area contributed by atoms with E-state index in [0.29, 0.717) is 6.42 Å². The van der Waals surface area contributed by atoms with Crippen molar-refractivity contribution < 1.29 is 4.79 Å². The van der Waals surface area contributed by atoms with Crippen LogP contribution in [0.2, 0.25) is 0 Å². The highest BCUT2D eigenvalue weighted by molar-refractivity contribution is 9.11. The fourth-order valence-electron chi connectivity index (χ4n) is 0.502. The predicted molar refractivity (Wildman–Crippen MR) is 42.6 cm³/mol. The van der Waals surface area contributed by atoms with Gasteiger partial charge >= 0.3 is 0 Å². The Balaban J connectivity index is 3.09. The highest BCUT2D eigenvalue weighted by Crippen LogP contribution is 2.05. The Morgan fingerprint density at radius 1 is 1.56 bits per heavy atom.